The van der Waals surface area contributed by atoms with Crippen LogP contribution in [0.5, 0.6) is 0 Å². The van der Waals surface area contributed by atoms with Gasteiger partial charge in [-0.15, -0.1) is 0 Å². The zero-order valence-electron chi connectivity index (χ0n) is 7.25. The molecule has 2 heteroatoms. The van der Waals surface area contributed by atoms with Crippen LogP contribution >= 0.6 is 8.58 Å². The van der Waals surface area contributed by atoms with Crippen molar-refractivity contribution in [3.8, 4) is 0 Å². The minimum absolute atomic E-state index is 0. The van der Waals surface area contributed by atoms with E-state index in [9.17, 15) is 0 Å². The van der Waals surface area contributed by atoms with Crippen molar-refractivity contribution in [2.24, 2.45) is 0 Å². The second-order valence-corrected chi connectivity index (χ2v) is 5.68. The monoisotopic (exact) mass is 202 g/mol. The van der Waals surface area contributed by atoms with Gasteiger partial charge in [0, 0.05) is 8.58 Å². The van der Waals surface area contributed by atoms with Crippen LogP contribution in [0.1, 0.15) is 25.7 Å². The highest BCUT2D eigenvalue weighted by molar-refractivity contribution is 7.40. The summed E-state index contributed by atoms with van der Waals surface area (Å²) in [4.78, 5) is 0. The zero-order valence-corrected chi connectivity index (χ0v) is 9.16. The van der Waals surface area contributed by atoms with Crippen molar-refractivity contribution >= 4 is 8.58 Å². The lowest BCUT2D eigenvalue weighted by molar-refractivity contribution is -0.00000213. The molecular formula is C10H16ClP. The van der Waals surface area contributed by atoms with Crippen LogP contribution in [-0.4, -0.2) is 11.3 Å². The Morgan fingerprint density at radius 1 is 1.00 bits per heavy atom. The van der Waals surface area contributed by atoms with Crippen LogP contribution in [0.4, 0.5) is 0 Å². The van der Waals surface area contributed by atoms with Crippen LogP contribution in [0.25, 0.3) is 0 Å². The Bertz CT molecular complexity index is 168. The van der Waals surface area contributed by atoms with Crippen molar-refractivity contribution in [3.05, 3.63) is 24.3 Å². The normalized spacial score (nSPS) is 24.3. The number of halogens is 1. The highest BCUT2D eigenvalue weighted by Gasteiger charge is 2.23. The van der Waals surface area contributed by atoms with E-state index in [1.54, 1.807) is 0 Å². The van der Waals surface area contributed by atoms with E-state index in [4.69, 9.17) is 0 Å². The maximum atomic E-state index is 2.37. The molecule has 0 aromatic heterocycles. The van der Waals surface area contributed by atoms with Gasteiger partial charge in [0.2, 0.25) is 0 Å². The largest absolute Gasteiger partial charge is 1.00 e. The topological polar surface area (TPSA) is 0 Å². The molecule has 0 heterocycles. The first-order valence-corrected chi connectivity index (χ1v) is 5.98. The predicted molar refractivity (Wildman–Crippen MR) is 54.0 cm³/mol. The fourth-order valence-corrected chi connectivity index (χ4v) is 4.04. The molecule has 0 bridgehead atoms. The Balaban J connectivity index is 0.000000720. The van der Waals surface area contributed by atoms with Crippen molar-refractivity contribution in [2.75, 3.05) is 0 Å². The van der Waals surface area contributed by atoms with Gasteiger partial charge in [-0.3, -0.25) is 0 Å². The summed E-state index contributed by atoms with van der Waals surface area (Å²) in [5, 5.41) is 0. The fourth-order valence-electron chi connectivity index (χ4n) is 2.04. The first kappa shape index (κ1) is 10.3. The van der Waals surface area contributed by atoms with Gasteiger partial charge in [0.1, 0.15) is 5.66 Å². The van der Waals surface area contributed by atoms with E-state index in [-0.39, 0.29) is 12.4 Å². The molecule has 2 aliphatic carbocycles. The molecule has 1 unspecified atom stereocenters. The zero-order chi connectivity index (χ0) is 7.52. The summed E-state index contributed by atoms with van der Waals surface area (Å²) in [7, 11) is 0.678. The quantitative estimate of drug-likeness (QED) is 0.546. The molecule has 2 aliphatic rings. The minimum atomic E-state index is 0. The summed E-state index contributed by atoms with van der Waals surface area (Å²) in [5.74, 6) is 0. The molecule has 0 aromatic carbocycles. The lowest BCUT2D eigenvalue weighted by Crippen LogP contribution is -3.00. The number of rotatable bonds is 2. The summed E-state index contributed by atoms with van der Waals surface area (Å²) in [6, 6.07) is 0. The van der Waals surface area contributed by atoms with Crippen molar-refractivity contribution < 1.29 is 12.4 Å². The van der Waals surface area contributed by atoms with Crippen molar-refractivity contribution in [1.29, 1.82) is 0 Å². The van der Waals surface area contributed by atoms with E-state index in [1.807, 2.05) is 0 Å². The fraction of sp³-hybridized carbons (Fsp3) is 0.600. The molecule has 2 rings (SSSR count). The number of hydrogen-bond acceptors (Lipinski definition) is 0. The third-order valence-corrected chi connectivity index (χ3v) is 4.77. The third-order valence-electron chi connectivity index (χ3n) is 2.67. The maximum Gasteiger partial charge on any atom is 0.102 e. The van der Waals surface area contributed by atoms with E-state index in [0.29, 0.717) is 8.58 Å². The summed E-state index contributed by atoms with van der Waals surface area (Å²) >= 11 is 0. The van der Waals surface area contributed by atoms with E-state index >= 15 is 0 Å². The Morgan fingerprint density at radius 3 is 2.17 bits per heavy atom. The highest BCUT2D eigenvalue weighted by Crippen LogP contribution is 2.39. The van der Waals surface area contributed by atoms with Gasteiger partial charge in [0.15, 0.2) is 0 Å². The predicted octanol–water partition coefficient (Wildman–Crippen LogP) is -0.162. The maximum absolute atomic E-state index is 2.37. The molecular weight excluding hydrogens is 187 g/mol. The van der Waals surface area contributed by atoms with E-state index in [2.05, 4.69) is 24.3 Å². The molecule has 68 valence electrons. The van der Waals surface area contributed by atoms with E-state index < -0.39 is 0 Å². The van der Waals surface area contributed by atoms with Crippen LogP contribution in [0.15, 0.2) is 24.3 Å². The summed E-state index contributed by atoms with van der Waals surface area (Å²) < 4.78 is 0. The van der Waals surface area contributed by atoms with E-state index in [0.717, 1.165) is 11.3 Å². The van der Waals surface area contributed by atoms with Gasteiger partial charge < -0.3 is 12.4 Å². The first-order chi connectivity index (χ1) is 5.45. The third kappa shape index (κ3) is 2.61. The molecule has 0 N–H and O–H groups in total. The van der Waals surface area contributed by atoms with Crippen molar-refractivity contribution in [2.45, 2.75) is 37.0 Å². The molecule has 12 heavy (non-hydrogen) atoms. The molecule has 0 saturated heterocycles. The van der Waals surface area contributed by atoms with Crippen LogP contribution in [0.3, 0.4) is 0 Å². The standard InChI is InChI=1S/C10H15P.ClH/c1-2-6-9(5-1)11-10-7-3-4-8-10;/h1-2,5-6,9-11H,3-4,7-8H2;1H. The van der Waals surface area contributed by atoms with Crippen molar-refractivity contribution in [3.63, 3.8) is 0 Å². The molecule has 0 aromatic rings. The first-order valence-electron chi connectivity index (χ1n) is 4.65. The Hall–Kier alpha value is 0.200. The van der Waals surface area contributed by atoms with Gasteiger partial charge in [0.05, 0.1) is 5.66 Å². The molecule has 0 amide bonds. The molecule has 0 spiro atoms. The van der Waals surface area contributed by atoms with Gasteiger partial charge in [0.25, 0.3) is 0 Å². The van der Waals surface area contributed by atoms with Gasteiger partial charge in [-0.1, -0.05) is 12.2 Å². The Kier molecular flexibility index (Phi) is 4.32. The second kappa shape index (κ2) is 5.04. The highest BCUT2D eigenvalue weighted by atomic mass is 35.5. The number of hydrogen-bond donors (Lipinski definition) is 0. The summed E-state index contributed by atoms with van der Waals surface area (Å²) in [6.07, 6.45) is 15.2. The SMILES string of the molecule is C1=CC([PH2+]C2CCCC2)C=C1.[Cl-]. The minimum Gasteiger partial charge on any atom is -1.00 e. The lowest BCUT2D eigenvalue weighted by atomic mass is 10.4. The average Bonchev–Trinajstić information content (AvgIpc) is 2.60. The molecule has 1 atom stereocenters. The Labute approximate surface area is 82.7 Å². The molecule has 1 fully saturated rings. The van der Waals surface area contributed by atoms with Crippen LogP contribution in [0, 0.1) is 0 Å². The van der Waals surface area contributed by atoms with Crippen LogP contribution in [0.2, 0.25) is 0 Å². The molecule has 1 saturated carbocycles. The van der Waals surface area contributed by atoms with Gasteiger partial charge in [-0.2, -0.15) is 0 Å². The summed E-state index contributed by atoms with van der Waals surface area (Å²) in [5.41, 5.74) is 1.98. The smallest absolute Gasteiger partial charge is 0.102 e. The van der Waals surface area contributed by atoms with Gasteiger partial charge in [-0.05, 0) is 37.8 Å². The summed E-state index contributed by atoms with van der Waals surface area (Å²) in [6.45, 7) is 0. The van der Waals surface area contributed by atoms with Crippen LogP contribution < -0.4 is 12.4 Å². The van der Waals surface area contributed by atoms with Crippen LogP contribution in [-0.2, 0) is 0 Å². The Morgan fingerprint density at radius 2 is 1.58 bits per heavy atom. The second-order valence-electron chi connectivity index (χ2n) is 3.58. The molecule has 0 radical (unpaired) electrons. The molecule has 0 nitrogen and oxygen atoms in total. The van der Waals surface area contributed by atoms with Gasteiger partial charge >= 0.3 is 0 Å². The average molecular weight is 203 g/mol. The van der Waals surface area contributed by atoms with E-state index in [1.165, 1.54) is 25.7 Å². The lowest BCUT2D eigenvalue weighted by Gasteiger charge is -2.04. The van der Waals surface area contributed by atoms with Gasteiger partial charge in [-0.25, -0.2) is 0 Å². The van der Waals surface area contributed by atoms with Crippen molar-refractivity contribution in [1.82, 2.24) is 0 Å². The molecule has 0 aliphatic heterocycles. The number of allylic oxidation sites excluding steroid dienone is 4.